The van der Waals surface area contributed by atoms with Crippen molar-refractivity contribution in [1.29, 1.82) is 0 Å². The fourth-order valence-electron chi connectivity index (χ4n) is 5.18. The van der Waals surface area contributed by atoms with Crippen LogP contribution in [0.25, 0.3) is 10.4 Å². The third-order valence-corrected chi connectivity index (χ3v) is 8.67. The number of aromatic nitrogens is 1. The third kappa shape index (κ3) is 6.71. The Kier molecular flexibility index (Phi) is 8.71. The van der Waals surface area contributed by atoms with E-state index in [-0.39, 0.29) is 43.7 Å². The number of β-amino-alcohol motifs (C(OH)–C–C–N with tert-alkyl or cyclic N) is 1. The number of nitrogens with one attached hydrogen (secondary N) is 2. The van der Waals surface area contributed by atoms with Crippen molar-refractivity contribution < 1.29 is 23.9 Å². The first-order chi connectivity index (χ1) is 18.7. The first-order valence-electron chi connectivity index (χ1n) is 14.0. The number of alkyl halides is 1. The Labute approximate surface area is 239 Å². The Hall–Kier alpha value is -2.85. The summed E-state index contributed by atoms with van der Waals surface area (Å²) in [6, 6.07) is 5.82. The largest absolute Gasteiger partial charge is 0.391 e. The topological polar surface area (TPSA) is 112 Å². The van der Waals surface area contributed by atoms with E-state index < -0.39 is 41.1 Å². The van der Waals surface area contributed by atoms with E-state index in [1.54, 1.807) is 32.1 Å². The van der Waals surface area contributed by atoms with Gasteiger partial charge in [-0.25, -0.2) is 9.37 Å². The Morgan fingerprint density at radius 2 is 1.82 bits per heavy atom. The van der Waals surface area contributed by atoms with Gasteiger partial charge in [0.05, 0.1) is 28.2 Å². The lowest BCUT2D eigenvalue weighted by molar-refractivity contribution is -0.145. The number of hydrogen-bond donors (Lipinski definition) is 3. The molecule has 1 aromatic carbocycles. The van der Waals surface area contributed by atoms with Gasteiger partial charge in [0.25, 0.3) is 5.91 Å². The number of likely N-dealkylation sites (tertiary alicyclic amines) is 1. The second-order valence-electron chi connectivity index (χ2n) is 12.7. The zero-order valence-electron chi connectivity index (χ0n) is 24.2. The number of rotatable bonds is 9. The van der Waals surface area contributed by atoms with E-state index in [1.807, 2.05) is 36.7 Å². The lowest BCUT2D eigenvalue weighted by Gasteiger charge is -2.36. The number of aryl methyl sites for hydroxylation is 1. The Morgan fingerprint density at radius 3 is 2.35 bits per heavy atom. The number of nitrogens with zero attached hydrogens (tertiary/aromatic N) is 2. The smallest absolute Gasteiger partial charge is 0.258 e. The van der Waals surface area contributed by atoms with E-state index in [4.69, 9.17) is 0 Å². The molecule has 1 aliphatic carbocycles. The molecule has 1 saturated heterocycles. The summed E-state index contributed by atoms with van der Waals surface area (Å²) in [4.78, 5) is 46.7. The molecule has 3 amide bonds. The molecule has 1 saturated carbocycles. The molecule has 1 aromatic heterocycles. The highest BCUT2D eigenvalue weighted by atomic mass is 32.1. The SMILES string of the molecule is Cc1ncsc1-c1ccc([C@H](CC(C)C)NC(=O)[C@@H]2C[C@@H](O)CN2C(=O)[C@@H](NC(=O)C2(F)CC2)C(C)(C)C)cc1. The van der Waals surface area contributed by atoms with Crippen molar-refractivity contribution in [2.45, 2.75) is 97.1 Å². The van der Waals surface area contributed by atoms with Gasteiger partial charge in [-0.2, -0.15) is 0 Å². The van der Waals surface area contributed by atoms with E-state index in [9.17, 15) is 23.9 Å². The maximum atomic E-state index is 14.4. The maximum Gasteiger partial charge on any atom is 0.258 e. The summed E-state index contributed by atoms with van der Waals surface area (Å²) in [6.45, 7) is 11.5. The van der Waals surface area contributed by atoms with Gasteiger partial charge in [0, 0.05) is 13.0 Å². The molecular weight excluding hydrogens is 531 g/mol. The molecule has 0 spiro atoms. The van der Waals surface area contributed by atoms with Crippen LogP contribution in [0.1, 0.15) is 77.6 Å². The molecule has 2 fully saturated rings. The predicted molar refractivity (Wildman–Crippen MR) is 153 cm³/mol. The second kappa shape index (κ2) is 11.6. The molecule has 218 valence electrons. The van der Waals surface area contributed by atoms with Gasteiger partial charge in [-0.15, -0.1) is 11.3 Å². The molecule has 4 rings (SSSR count). The van der Waals surface area contributed by atoms with Gasteiger partial charge in [-0.05, 0) is 48.6 Å². The summed E-state index contributed by atoms with van der Waals surface area (Å²) < 4.78 is 14.4. The van der Waals surface area contributed by atoms with Crippen LogP contribution in [0.15, 0.2) is 29.8 Å². The number of amides is 3. The molecule has 2 aliphatic rings. The Bertz CT molecular complexity index is 1240. The van der Waals surface area contributed by atoms with E-state index in [2.05, 4.69) is 29.5 Å². The second-order valence-corrected chi connectivity index (χ2v) is 13.6. The third-order valence-electron chi connectivity index (χ3n) is 7.69. The van der Waals surface area contributed by atoms with Crippen molar-refractivity contribution in [2.24, 2.45) is 11.3 Å². The number of thiazole rings is 1. The minimum atomic E-state index is -1.93. The van der Waals surface area contributed by atoms with Crippen molar-refractivity contribution in [3.05, 3.63) is 41.0 Å². The quantitative estimate of drug-likeness (QED) is 0.415. The van der Waals surface area contributed by atoms with Gasteiger partial charge >= 0.3 is 0 Å². The van der Waals surface area contributed by atoms with Crippen molar-refractivity contribution >= 4 is 29.1 Å². The fraction of sp³-hybridized carbons (Fsp3) is 0.600. The average molecular weight is 573 g/mol. The molecule has 2 aromatic rings. The molecule has 2 heterocycles. The molecule has 0 bridgehead atoms. The van der Waals surface area contributed by atoms with E-state index in [1.165, 1.54) is 4.90 Å². The van der Waals surface area contributed by atoms with Crippen LogP contribution in [0.2, 0.25) is 0 Å². The molecule has 0 unspecified atom stereocenters. The standard InChI is InChI=1S/C30H41FN4O4S/c1-17(2)13-22(19-7-9-20(10-8-19)24-18(3)32-16-40-24)33-26(37)23-14-21(36)15-35(23)27(38)25(29(4,5)6)34-28(39)30(31)11-12-30/h7-10,16-17,21-23,25,36H,11-15H2,1-6H3,(H,33,37)(H,34,39)/t21-,22+,23+,25-/m1/s1. The minimum Gasteiger partial charge on any atom is -0.391 e. The number of aliphatic hydroxyl groups is 1. The van der Waals surface area contributed by atoms with Gasteiger partial charge in [-0.1, -0.05) is 58.9 Å². The molecule has 3 N–H and O–H groups in total. The van der Waals surface area contributed by atoms with E-state index in [0.717, 1.165) is 21.7 Å². The van der Waals surface area contributed by atoms with Crippen LogP contribution in [0.4, 0.5) is 4.39 Å². The van der Waals surface area contributed by atoms with E-state index in [0.29, 0.717) is 6.42 Å². The van der Waals surface area contributed by atoms with Crippen molar-refractivity contribution in [3.8, 4) is 10.4 Å². The number of carbonyl (C=O) groups is 3. The van der Waals surface area contributed by atoms with Gasteiger partial charge in [0.2, 0.25) is 11.8 Å². The van der Waals surface area contributed by atoms with Crippen LogP contribution in [-0.2, 0) is 14.4 Å². The summed E-state index contributed by atoms with van der Waals surface area (Å²) in [5.74, 6) is -1.36. The monoisotopic (exact) mass is 572 g/mol. The molecule has 8 nitrogen and oxygen atoms in total. The molecule has 40 heavy (non-hydrogen) atoms. The molecule has 0 radical (unpaired) electrons. The summed E-state index contributed by atoms with van der Waals surface area (Å²) in [5, 5.41) is 16.2. The maximum absolute atomic E-state index is 14.4. The first kappa shape index (κ1) is 30.1. The lowest BCUT2D eigenvalue weighted by atomic mass is 9.85. The van der Waals surface area contributed by atoms with Crippen LogP contribution >= 0.6 is 11.3 Å². The summed E-state index contributed by atoms with van der Waals surface area (Å²) in [6.07, 6.45) is 0.178. The van der Waals surface area contributed by atoms with Crippen molar-refractivity contribution in [3.63, 3.8) is 0 Å². The molecule has 1 aliphatic heterocycles. The highest BCUT2D eigenvalue weighted by Gasteiger charge is 2.53. The lowest BCUT2D eigenvalue weighted by Crippen LogP contribution is -2.59. The fourth-order valence-corrected chi connectivity index (χ4v) is 5.99. The number of carbonyl (C=O) groups excluding carboxylic acids is 3. The Morgan fingerprint density at radius 1 is 1.18 bits per heavy atom. The number of benzene rings is 1. The zero-order chi connectivity index (χ0) is 29.4. The van der Waals surface area contributed by atoms with Crippen molar-refractivity contribution in [1.82, 2.24) is 20.5 Å². The van der Waals surface area contributed by atoms with Gasteiger partial charge in [0.15, 0.2) is 5.67 Å². The molecular formula is C30H41FN4O4S. The van der Waals surface area contributed by atoms with Gasteiger partial charge in [0.1, 0.15) is 12.1 Å². The van der Waals surface area contributed by atoms with E-state index >= 15 is 0 Å². The average Bonchev–Trinajstić information content (AvgIpc) is 3.28. The summed E-state index contributed by atoms with van der Waals surface area (Å²) in [5.41, 5.74) is 2.14. The number of aliphatic hydroxyl groups excluding tert-OH is 1. The van der Waals surface area contributed by atoms with Crippen LogP contribution in [0, 0.1) is 18.3 Å². The minimum absolute atomic E-state index is 0.0299. The summed E-state index contributed by atoms with van der Waals surface area (Å²) >= 11 is 1.58. The zero-order valence-corrected chi connectivity index (χ0v) is 25.0. The summed E-state index contributed by atoms with van der Waals surface area (Å²) in [7, 11) is 0. The number of hydrogen-bond acceptors (Lipinski definition) is 6. The van der Waals surface area contributed by atoms with Crippen LogP contribution in [0.3, 0.4) is 0 Å². The van der Waals surface area contributed by atoms with Crippen molar-refractivity contribution in [2.75, 3.05) is 6.54 Å². The predicted octanol–water partition coefficient (Wildman–Crippen LogP) is 4.32. The van der Waals surface area contributed by atoms with Crippen LogP contribution < -0.4 is 10.6 Å². The van der Waals surface area contributed by atoms with Crippen LogP contribution in [-0.4, -0.2) is 63.1 Å². The highest BCUT2D eigenvalue weighted by molar-refractivity contribution is 7.13. The van der Waals surface area contributed by atoms with Crippen LogP contribution in [0.5, 0.6) is 0 Å². The first-order valence-corrected chi connectivity index (χ1v) is 14.9. The van der Waals surface area contributed by atoms with Gasteiger partial charge in [-0.3, -0.25) is 14.4 Å². The molecule has 4 atom stereocenters. The highest BCUT2D eigenvalue weighted by Crippen LogP contribution is 2.40. The Balaban J connectivity index is 1.53. The normalized spacial score (nSPS) is 21.7. The molecule has 10 heteroatoms. The number of halogens is 1. The van der Waals surface area contributed by atoms with Gasteiger partial charge < -0.3 is 20.6 Å².